The molecule has 0 radical (unpaired) electrons. The maximum atomic E-state index is 12.8. The number of anilines is 2. The van der Waals surface area contributed by atoms with Crippen molar-refractivity contribution >= 4 is 27.6 Å². The van der Waals surface area contributed by atoms with Crippen LogP contribution >= 0.6 is 0 Å². The molecule has 0 spiro atoms. The molecule has 174 valence electrons. The fraction of sp³-hybridized carbons (Fsp3) is 0.545. The number of piperazine rings is 1. The maximum Gasteiger partial charge on any atom is 0.344 e. The van der Waals surface area contributed by atoms with Crippen molar-refractivity contribution in [1.29, 1.82) is 0 Å². The predicted molar refractivity (Wildman–Crippen MR) is 126 cm³/mol. The average Bonchev–Trinajstić information content (AvgIpc) is 3.37. The predicted octanol–water partition coefficient (Wildman–Crippen LogP) is 2.34. The Kier molecular flexibility index (Phi) is 6.43. The number of nitrogens with one attached hydrogen (secondary N) is 1. The minimum Gasteiger partial charge on any atom is -0.369 e. The zero-order valence-electron chi connectivity index (χ0n) is 19.0. The van der Waals surface area contributed by atoms with Crippen molar-refractivity contribution in [3.05, 3.63) is 41.6 Å². The van der Waals surface area contributed by atoms with E-state index in [1.807, 2.05) is 0 Å². The van der Waals surface area contributed by atoms with Gasteiger partial charge in [-0.1, -0.05) is 12.1 Å². The third-order valence-corrected chi connectivity index (χ3v) is 6.79. The summed E-state index contributed by atoms with van der Waals surface area (Å²) in [5, 5.41) is 4.04. The highest BCUT2D eigenvalue weighted by Crippen LogP contribution is 2.30. The zero-order valence-corrected chi connectivity index (χ0v) is 19.8. The van der Waals surface area contributed by atoms with Crippen LogP contribution in [-0.2, 0) is 16.6 Å². The molecule has 9 nitrogen and oxygen atoms in total. The van der Waals surface area contributed by atoms with Crippen molar-refractivity contribution in [2.75, 3.05) is 48.6 Å². The van der Waals surface area contributed by atoms with E-state index in [1.54, 1.807) is 4.90 Å². The van der Waals surface area contributed by atoms with E-state index in [4.69, 9.17) is 0 Å². The first-order valence-electron chi connectivity index (χ1n) is 11.1. The van der Waals surface area contributed by atoms with Gasteiger partial charge < -0.3 is 9.80 Å². The lowest BCUT2D eigenvalue weighted by molar-refractivity contribution is 0.134. The van der Waals surface area contributed by atoms with E-state index in [0.29, 0.717) is 19.1 Å². The van der Waals surface area contributed by atoms with Gasteiger partial charge in [0.05, 0.1) is 6.26 Å². The molecule has 2 aliphatic heterocycles. The van der Waals surface area contributed by atoms with Crippen LogP contribution in [0.5, 0.6) is 0 Å². The second-order valence-electron chi connectivity index (χ2n) is 8.88. The number of nitrogens with zero attached hydrogens (tertiary/aromatic N) is 5. The normalized spacial score (nSPS) is 20.0. The molecule has 2 aromatic rings. The van der Waals surface area contributed by atoms with Gasteiger partial charge in [0.15, 0.2) is 5.82 Å². The molecule has 2 aliphatic rings. The smallest absolute Gasteiger partial charge is 0.344 e. The summed E-state index contributed by atoms with van der Waals surface area (Å²) in [5.74, 6) is 0.141. The number of benzene rings is 1. The van der Waals surface area contributed by atoms with Crippen LogP contribution in [0.3, 0.4) is 0 Å². The van der Waals surface area contributed by atoms with Crippen molar-refractivity contribution < 1.29 is 13.2 Å². The summed E-state index contributed by atoms with van der Waals surface area (Å²) >= 11 is 0. The van der Waals surface area contributed by atoms with Crippen LogP contribution in [0, 0.1) is 6.92 Å². The van der Waals surface area contributed by atoms with E-state index < -0.39 is 10.0 Å². The Labute approximate surface area is 190 Å². The molecular weight excluding hydrogens is 428 g/mol. The zero-order chi connectivity index (χ0) is 22.9. The molecule has 0 aliphatic carbocycles. The first kappa shape index (κ1) is 22.6. The topological polar surface area (TPSA) is 90.8 Å². The molecule has 4 rings (SSSR count). The number of carbonyl (C=O) groups excluding carboxylic acids is 1. The van der Waals surface area contributed by atoms with Gasteiger partial charge in [0.2, 0.25) is 10.0 Å². The minimum absolute atomic E-state index is 0.141. The number of hydrogen-bond donors (Lipinski definition) is 1. The van der Waals surface area contributed by atoms with Crippen molar-refractivity contribution in [2.45, 2.75) is 39.3 Å². The molecule has 32 heavy (non-hydrogen) atoms. The van der Waals surface area contributed by atoms with E-state index in [0.717, 1.165) is 32.4 Å². The van der Waals surface area contributed by atoms with Crippen LogP contribution in [0.1, 0.15) is 30.9 Å². The van der Waals surface area contributed by atoms with Crippen molar-refractivity contribution in [3.8, 4) is 0 Å². The highest BCUT2D eigenvalue weighted by Gasteiger charge is 2.26. The van der Waals surface area contributed by atoms with Crippen LogP contribution in [0.15, 0.2) is 30.5 Å². The van der Waals surface area contributed by atoms with Gasteiger partial charge in [-0.05, 0) is 43.9 Å². The molecular formula is C22H32N6O3S. The summed E-state index contributed by atoms with van der Waals surface area (Å²) < 4.78 is 26.2. The highest BCUT2D eigenvalue weighted by molar-refractivity contribution is 7.92. The Morgan fingerprint density at radius 2 is 1.91 bits per heavy atom. The summed E-state index contributed by atoms with van der Waals surface area (Å²) in [5.41, 5.74) is 3.96. The first-order chi connectivity index (χ1) is 15.2. The summed E-state index contributed by atoms with van der Waals surface area (Å²) in [6.45, 7) is 9.20. The summed E-state index contributed by atoms with van der Waals surface area (Å²) in [6, 6.07) is 8.53. The SMILES string of the molecule is Cc1ccc(CN2CCN(C(=O)n3ccc(NS(C)(=O)=O)n3)CC2)c(N2CCCC2C)c1. The lowest BCUT2D eigenvalue weighted by atomic mass is 10.1. The fourth-order valence-electron chi connectivity index (χ4n) is 4.52. The number of aromatic nitrogens is 2. The number of carbonyl (C=O) groups is 1. The number of aryl methyl sites for hydroxylation is 1. The lowest BCUT2D eigenvalue weighted by Gasteiger charge is -2.35. The van der Waals surface area contributed by atoms with Gasteiger partial charge >= 0.3 is 6.03 Å². The molecule has 1 unspecified atom stereocenters. The minimum atomic E-state index is -3.43. The average molecular weight is 461 g/mol. The van der Waals surface area contributed by atoms with Gasteiger partial charge in [-0.15, -0.1) is 5.10 Å². The standard InChI is InChI=1S/C22H32N6O3S/c1-17-6-7-19(20(15-17)27-9-4-5-18(27)2)16-25-11-13-26(14-12-25)22(29)28-10-8-21(23-28)24-32(3,30)31/h6-8,10,15,18H,4-5,9,11-14,16H2,1-3H3,(H,23,24). The van der Waals surface area contributed by atoms with E-state index in [-0.39, 0.29) is 11.8 Å². The van der Waals surface area contributed by atoms with Crippen molar-refractivity contribution in [2.24, 2.45) is 0 Å². The third-order valence-electron chi connectivity index (χ3n) is 6.21. The largest absolute Gasteiger partial charge is 0.369 e. The van der Waals surface area contributed by atoms with Crippen LogP contribution in [0.2, 0.25) is 0 Å². The second-order valence-corrected chi connectivity index (χ2v) is 10.6. The number of rotatable bonds is 5. The molecule has 0 bridgehead atoms. The number of amides is 1. The van der Waals surface area contributed by atoms with Crippen LogP contribution < -0.4 is 9.62 Å². The molecule has 1 aromatic carbocycles. The Balaban J connectivity index is 1.37. The Bertz CT molecular complexity index is 1080. The molecule has 1 atom stereocenters. The molecule has 3 heterocycles. The summed E-state index contributed by atoms with van der Waals surface area (Å²) in [4.78, 5) is 19.4. The molecule has 2 saturated heterocycles. The van der Waals surface area contributed by atoms with Crippen LogP contribution in [0.25, 0.3) is 0 Å². The first-order valence-corrected chi connectivity index (χ1v) is 13.0. The quantitative estimate of drug-likeness (QED) is 0.737. The van der Waals surface area contributed by atoms with E-state index in [2.05, 4.69) is 51.7 Å². The maximum absolute atomic E-state index is 12.8. The molecule has 1 N–H and O–H groups in total. The number of hydrogen-bond acceptors (Lipinski definition) is 6. The van der Waals surface area contributed by atoms with Gasteiger partial charge in [0.25, 0.3) is 0 Å². The van der Waals surface area contributed by atoms with E-state index in [9.17, 15) is 13.2 Å². The second kappa shape index (κ2) is 9.11. The van der Waals surface area contributed by atoms with Gasteiger partial charge in [-0.2, -0.15) is 4.68 Å². The van der Waals surface area contributed by atoms with Crippen LogP contribution in [0.4, 0.5) is 16.3 Å². The summed E-state index contributed by atoms with van der Waals surface area (Å²) in [7, 11) is -3.43. The Morgan fingerprint density at radius 3 is 2.56 bits per heavy atom. The molecule has 1 amide bonds. The highest BCUT2D eigenvalue weighted by atomic mass is 32.2. The van der Waals surface area contributed by atoms with E-state index >= 15 is 0 Å². The monoisotopic (exact) mass is 460 g/mol. The van der Waals surface area contributed by atoms with Gasteiger partial charge in [0.1, 0.15) is 0 Å². The number of sulfonamides is 1. The molecule has 10 heteroatoms. The lowest BCUT2D eigenvalue weighted by Crippen LogP contribution is -2.49. The summed E-state index contributed by atoms with van der Waals surface area (Å²) in [6.07, 6.45) is 5.02. The molecule has 0 saturated carbocycles. The Morgan fingerprint density at radius 1 is 1.16 bits per heavy atom. The third kappa shape index (κ3) is 5.24. The van der Waals surface area contributed by atoms with Gasteiger partial charge in [0, 0.05) is 63.3 Å². The van der Waals surface area contributed by atoms with Gasteiger partial charge in [-0.3, -0.25) is 9.62 Å². The molecule has 1 aromatic heterocycles. The molecule has 2 fully saturated rings. The van der Waals surface area contributed by atoms with Crippen molar-refractivity contribution in [3.63, 3.8) is 0 Å². The fourth-order valence-corrected chi connectivity index (χ4v) is 5.01. The Hall–Kier alpha value is -2.59. The van der Waals surface area contributed by atoms with E-state index in [1.165, 1.54) is 46.6 Å². The van der Waals surface area contributed by atoms with Crippen LogP contribution in [-0.4, -0.2) is 79.1 Å². The van der Waals surface area contributed by atoms with Gasteiger partial charge in [-0.25, -0.2) is 13.2 Å². The van der Waals surface area contributed by atoms with Crippen molar-refractivity contribution in [1.82, 2.24) is 19.6 Å².